The maximum atomic E-state index is 13.6. The van der Waals surface area contributed by atoms with Gasteiger partial charge in [0.1, 0.15) is 5.82 Å². The summed E-state index contributed by atoms with van der Waals surface area (Å²) in [5.41, 5.74) is 2.00. The molecule has 4 heteroatoms. The van der Waals surface area contributed by atoms with Gasteiger partial charge in [0.15, 0.2) is 0 Å². The predicted molar refractivity (Wildman–Crippen MR) is 76.3 cm³/mol. The van der Waals surface area contributed by atoms with Gasteiger partial charge in [0.25, 0.3) is 0 Å². The Hall–Kier alpha value is -1.09. The number of hydrogen-bond acceptors (Lipinski definition) is 1. The fourth-order valence-corrected chi connectivity index (χ4v) is 2.40. The van der Waals surface area contributed by atoms with Gasteiger partial charge < -0.3 is 5.11 Å². The van der Waals surface area contributed by atoms with Crippen LogP contribution >= 0.6 is 23.2 Å². The van der Waals surface area contributed by atoms with E-state index in [1.165, 1.54) is 18.2 Å². The quantitative estimate of drug-likeness (QED) is 0.869. The SMILES string of the molecule is Cc1ccc(CC(O)c2cc(Cl)ccc2F)c(Cl)c1. The van der Waals surface area contributed by atoms with E-state index in [4.69, 9.17) is 23.2 Å². The van der Waals surface area contributed by atoms with Gasteiger partial charge in [0.2, 0.25) is 0 Å². The second-order valence-electron chi connectivity index (χ2n) is 4.48. The van der Waals surface area contributed by atoms with Gasteiger partial charge in [0.05, 0.1) is 6.10 Å². The Morgan fingerprint density at radius 1 is 1.16 bits per heavy atom. The summed E-state index contributed by atoms with van der Waals surface area (Å²) in [5, 5.41) is 11.1. The topological polar surface area (TPSA) is 20.2 Å². The summed E-state index contributed by atoms with van der Waals surface area (Å²) in [6.45, 7) is 1.93. The molecule has 0 spiro atoms. The molecule has 1 atom stereocenters. The standard InChI is InChI=1S/C15H13Cl2FO/c1-9-2-3-10(13(17)6-9)7-15(19)12-8-11(16)4-5-14(12)18/h2-6,8,15,19H,7H2,1H3. The van der Waals surface area contributed by atoms with E-state index in [2.05, 4.69) is 0 Å². The van der Waals surface area contributed by atoms with E-state index in [0.717, 1.165) is 11.1 Å². The van der Waals surface area contributed by atoms with E-state index in [1.807, 2.05) is 25.1 Å². The summed E-state index contributed by atoms with van der Waals surface area (Å²) in [7, 11) is 0. The van der Waals surface area contributed by atoms with Crippen molar-refractivity contribution in [3.05, 3.63) is 69.0 Å². The first-order chi connectivity index (χ1) is 8.97. The molecular weight excluding hydrogens is 286 g/mol. The molecule has 0 amide bonds. The van der Waals surface area contributed by atoms with Crippen molar-refractivity contribution in [1.82, 2.24) is 0 Å². The molecular formula is C15H13Cl2FO. The molecule has 1 N–H and O–H groups in total. The average Bonchev–Trinajstić information content (AvgIpc) is 2.35. The number of aliphatic hydroxyl groups excluding tert-OH is 1. The second-order valence-corrected chi connectivity index (χ2v) is 5.32. The molecule has 19 heavy (non-hydrogen) atoms. The van der Waals surface area contributed by atoms with Crippen LogP contribution in [-0.2, 0) is 6.42 Å². The molecule has 2 aromatic carbocycles. The zero-order chi connectivity index (χ0) is 14.0. The van der Waals surface area contributed by atoms with Gasteiger partial charge in [0, 0.05) is 22.0 Å². The van der Waals surface area contributed by atoms with E-state index < -0.39 is 11.9 Å². The number of halogens is 3. The molecule has 1 unspecified atom stereocenters. The monoisotopic (exact) mass is 298 g/mol. The van der Waals surface area contributed by atoms with Crippen molar-refractivity contribution in [2.45, 2.75) is 19.4 Å². The molecule has 0 fully saturated rings. The Bertz CT molecular complexity index is 599. The molecule has 0 saturated heterocycles. The van der Waals surface area contributed by atoms with Crippen molar-refractivity contribution in [1.29, 1.82) is 0 Å². The number of aryl methyl sites for hydroxylation is 1. The Morgan fingerprint density at radius 2 is 1.89 bits per heavy atom. The average molecular weight is 299 g/mol. The third-order valence-corrected chi connectivity index (χ3v) is 3.53. The second kappa shape index (κ2) is 5.91. The van der Waals surface area contributed by atoms with E-state index in [1.54, 1.807) is 0 Å². The maximum absolute atomic E-state index is 13.6. The molecule has 100 valence electrons. The third kappa shape index (κ3) is 3.47. The Labute approximate surface area is 121 Å². The van der Waals surface area contributed by atoms with Crippen LogP contribution in [0.1, 0.15) is 22.8 Å². The van der Waals surface area contributed by atoms with Gasteiger partial charge in [-0.3, -0.25) is 0 Å². The van der Waals surface area contributed by atoms with Gasteiger partial charge in [-0.05, 0) is 42.3 Å². The highest BCUT2D eigenvalue weighted by Crippen LogP contribution is 2.27. The number of hydrogen-bond donors (Lipinski definition) is 1. The molecule has 0 aromatic heterocycles. The molecule has 0 saturated carbocycles. The fourth-order valence-electron chi connectivity index (χ4n) is 1.91. The van der Waals surface area contributed by atoms with Crippen LogP contribution in [0.15, 0.2) is 36.4 Å². The van der Waals surface area contributed by atoms with Crippen molar-refractivity contribution < 1.29 is 9.50 Å². The first-order valence-corrected chi connectivity index (χ1v) is 6.61. The number of aliphatic hydroxyl groups is 1. The van der Waals surface area contributed by atoms with E-state index in [-0.39, 0.29) is 12.0 Å². The Morgan fingerprint density at radius 3 is 2.58 bits per heavy atom. The summed E-state index contributed by atoms with van der Waals surface area (Å²) in [6.07, 6.45) is -0.727. The normalized spacial score (nSPS) is 12.5. The molecule has 0 aliphatic rings. The summed E-state index contributed by atoms with van der Waals surface area (Å²) in [4.78, 5) is 0. The molecule has 0 radical (unpaired) electrons. The smallest absolute Gasteiger partial charge is 0.129 e. The molecule has 1 nitrogen and oxygen atoms in total. The lowest BCUT2D eigenvalue weighted by molar-refractivity contribution is 0.173. The van der Waals surface area contributed by atoms with Crippen molar-refractivity contribution >= 4 is 23.2 Å². The minimum Gasteiger partial charge on any atom is -0.388 e. The lowest BCUT2D eigenvalue weighted by atomic mass is 10.00. The highest BCUT2D eigenvalue weighted by atomic mass is 35.5. The van der Waals surface area contributed by atoms with Gasteiger partial charge in [-0.15, -0.1) is 0 Å². The molecule has 0 aliphatic heterocycles. The van der Waals surface area contributed by atoms with Crippen LogP contribution in [0.2, 0.25) is 10.0 Å². The van der Waals surface area contributed by atoms with E-state index in [9.17, 15) is 9.50 Å². The highest BCUT2D eigenvalue weighted by Gasteiger charge is 2.15. The first-order valence-electron chi connectivity index (χ1n) is 5.85. The van der Waals surface area contributed by atoms with Crippen molar-refractivity contribution in [3.63, 3.8) is 0 Å². The lowest BCUT2D eigenvalue weighted by Gasteiger charge is -2.13. The van der Waals surface area contributed by atoms with Crippen LogP contribution in [-0.4, -0.2) is 5.11 Å². The largest absolute Gasteiger partial charge is 0.388 e. The van der Waals surface area contributed by atoms with Crippen LogP contribution in [0.25, 0.3) is 0 Å². The highest BCUT2D eigenvalue weighted by molar-refractivity contribution is 6.31. The van der Waals surface area contributed by atoms with E-state index in [0.29, 0.717) is 10.0 Å². The molecule has 0 bridgehead atoms. The predicted octanol–water partition coefficient (Wildman–Crippen LogP) is 4.72. The zero-order valence-electron chi connectivity index (χ0n) is 10.3. The summed E-state index contributed by atoms with van der Waals surface area (Å²) in [5.74, 6) is -0.472. The van der Waals surface area contributed by atoms with Gasteiger partial charge >= 0.3 is 0 Å². The minimum atomic E-state index is -0.973. The van der Waals surface area contributed by atoms with E-state index >= 15 is 0 Å². The van der Waals surface area contributed by atoms with Crippen LogP contribution in [0.3, 0.4) is 0 Å². The summed E-state index contributed by atoms with van der Waals surface area (Å²) >= 11 is 11.9. The van der Waals surface area contributed by atoms with Crippen LogP contribution < -0.4 is 0 Å². The summed E-state index contributed by atoms with van der Waals surface area (Å²) in [6, 6.07) is 9.69. The number of rotatable bonds is 3. The van der Waals surface area contributed by atoms with Crippen LogP contribution in [0, 0.1) is 12.7 Å². The first kappa shape index (κ1) is 14.3. The van der Waals surface area contributed by atoms with Crippen molar-refractivity contribution in [2.75, 3.05) is 0 Å². The summed E-state index contributed by atoms with van der Waals surface area (Å²) < 4.78 is 13.6. The Kier molecular flexibility index (Phi) is 4.46. The van der Waals surface area contributed by atoms with Gasteiger partial charge in [-0.25, -0.2) is 4.39 Å². The lowest BCUT2D eigenvalue weighted by Crippen LogP contribution is -2.05. The third-order valence-electron chi connectivity index (χ3n) is 2.94. The number of benzene rings is 2. The molecule has 0 aliphatic carbocycles. The van der Waals surface area contributed by atoms with Gasteiger partial charge in [-0.2, -0.15) is 0 Å². The Balaban J connectivity index is 2.25. The van der Waals surface area contributed by atoms with Crippen molar-refractivity contribution in [2.24, 2.45) is 0 Å². The van der Waals surface area contributed by atoms with Crippen LogP contribution in [0.5, 0.6) is 0 Å². The molecule has 0 heterocycles. The van der Waals surface area contributed by atoms with Crippen LogP contribution in [0.4, 0.5) is 4.39 Å². The zero-order valence-corrected chi connectivity index (χ0v) is 11.8. The molecule has 2 aromatic rings. The maximum Gasteiger partial charge on any atom is 0.129 e. The minimum absolute atomic E-state index is 0.184. The molecule has 2 rings (SSSR count). The fraction of sp³-hybridized carbons (Fsp3) is 0.200. The van der Waals surface area contributed by atoms with Gasteiger partial charge in [-0.1, -0.05) is 35.3 Å². The van der Waals surface area contributed by atoms with Crippen molar-refractivity contribution in [3.8, 4) is 0 Å².